The lowest BCUT2D eigenvalue weighted by molar-refractivity contribution is 0.0519. The lowest BCUT2D eigenvalue weighted by atomic mass is 10.1. The van der Waals surface area contributed by atoms with E-state index in [0.717, 1.165) is 11.3 Å². The number of halogens is 1. The first-order valence-electron chi connectivity index (χ1n) is 7.37. The number of alkyl halides is 1. The summed E-state index contributed by atoms with van der Waals surface area (Å²) < 4.78 is 5.00. The Morgan fingerprint density at radius 3 is 2.91 bits per heavy atom. The van der Waals surface area contributed by atoms with Crippen LogP contribution in [0, 0.1) is 6.92 Å². The topological polar surface area (TPSA) is 87.2 Å². The summed E-state index contributed by atoms with van der Waals surface area (Å²) in [6.45, 7) is 4.15. The lowest BCUT2D eigenvalue weighted by Gasteiger charge is -2.12. The Morgan fingerprint density at radius 1 is 1.48 bits per heavy atom. The van der Waals surface area contributed by atoms with Crippen molar-refractivity contribution in [1.29, 1.82) is 0 Å². The molecular formula is C16H20ClN3O3. The van der Waals surface area contributed by atoms with Gasteiger partial charge in [-0.25, -0.2) is 9.78 Å². The predicted molar refractivity (Wildman–Crippen MR) is 89.9 cm³/mol. The number of aryl methyl sites for hydroxylation is 1. The van der Waals surface area contributed by atoms with E-state index >= 15 is 0 Å². The number of carbonyl (C=O) groups is 1. The van der Waals surface area contributed by atoms with Crippen LogP contribution in [-0.4, -0.2) is 46.2 Å². The number of hydrogen-bond donors (Lipinski definition) is 3. The van der Waals surface area contributed by atoms with Crippen molar-refractivity contribution in [3.63, 3.8) is 0 Å². The number of benzene rings is 1. The lowest BCUT2D eigenvalue weighted by Crippen LogP contribution is -2.21. The number of ether oxygens (including phenoxy) is 1. The van der Waals surface area contributed by atoms with Crippen molar-refractivity contribution in [2.75, 3.05) is 24.3 Å². The van der Waals surface area contributed by atoms with Gasteiger partial charge in [-0.1, -0.05) is 12.1 Å². The Kier molecular flexibility index (Phi) is 6.01. The molecule has 0 bridgehead atoms. The van der Waals surface area contributed by atoms with Crippen LogP contribution in [0.4, 0.5) is 5.69 Å². The first kappa shape index (κ1) is 17.3. The number of nitrogens with one attached hydrogen (secondary N) is 2. The number of imidazole rings is 1. The van der Waals surface area contributed by atoms with E-state index in [1.807, 2.05) is 24.3 Å². The monoisotopic (exact) mass is 337 g/mol. The number of carbonyl (C=O) groups excluding carboxylic acids is 1. The van der Waals surface area contributed by atoms with Gasteiger partial charge in [0.25, 0.3) is 0 Å². The number of aliphatic hydroxyl groups is 1. The second-order valence-corrected chi connectivity index (χ2v) is 5.32. The highest BCUT2D eigenvalue weighted by Gasteiger charge is 2.18. The van der Waals surface area contributed by atoms with E-state index in [2.05, 4.69) is 15.3 Å². The predicted octanol–water partition coefficient (Wildman–Crippen LogP) is 2.57. The Morgan fingerprint density at radius 2 is 2.22 bits per heavy atom. The summed E-state index contributed by atoms with van der Waals surface area (Å²) in [4.78, 5) is 19.3. The fourth-order valence-electron chi connectivity index (χ4n) is 2.11. The van der Waals surface area contributed by atoms with Crippen LogP contribution in [0.25, 0.3) is 11.4 Å². The molecule has 0 aliphatic rings. The van der Waals surface area contributed by atoms with Gasteiger partial charge in [0, 0.05) is 23.5 Å². The van der Waals surface area contributed by atoms with Gasteiger partial charge < -0.3 is 20.1 Å². The number of rotatable bonds is 7. The average Bonchev–Trinajstić information content (AvgIpc) is 2.95. The molecule has 0 radical (unpaired) electrons. The summed E-state index contributed by atoms with van der Waals surface area (Å²) in [7, 11) is 0. The maximum absolute atomic E-state index is 11.9. The van der Waals surface area contributed by atoms with Gasteiger partial charge in [-0.15, -0.1) is 11.6 Å². The van der Waals surface area contributed by atoms with E-state index in [4.69, 9.17) is 16.3 Å². The number of nitrogens with zero attached hydrogens (tertiary/aromatic N) is 1. The molecule has 0 amide bonds. The minimum atomic E-state index is -0.641. The van der Waals surface area contributed by atoms with Crippen LogP contribution in [0.5, 0.6) is 0 Å². The Labute approximate surface area is 139 Å². The summed E-state index contributed by atoms with van der Waals surface area (Å²) in [6, 6.07) is 7.50. The highest BCUT2D eigenvalue weighted by molar-refractivity contribution is 6.18. The van der Waals surface area contributed by atoms with Gasteiger partial charge in [0.15, 0.2) is 5.69 Å². The van der Waals surface area contributed by atoms with E-state index in [-0.39, 0.29) is 11.6 Å². The number of esters is 1. The molecule has 0 aliphatic heterocycles. The molecule has 23 heavy (non-hydrogen) atoms. The summed E-state index contributed by atoms with van der Waals surface area (Å²) >= 11 is 5.60. The molecule has 1 aromatic carbocycles. The van der Waals surface area contributed by atoms with Crippen molar-refractivity contribution in [3.8, 4) is 11.4 Å². The number of hydrogen-bond acceptors (Lipinski definition) is 5. The van der Waals surface area contributed by atoms with Crippen molar-refractivity contribution in [2.45, 2.75) is 20.0 Å². The van der Waals surface area contributed by atoms with Crippen molar-refractivity contribution in [3.05, 3.63) is 35.7 Å². The summed E-state index contributed by atoms with van der Waals surface area (Å²) in [5, 5.41) is 12.7. The van der Waals surface area contributed by atoms with Crippen molar-refractivity contribution < 1.29 is 14.6 Å². The third-order valence-electron chi connectivity index (χ3n) is 3.24. The second-order valence-electron chi connectivity index (χ2n) is 5.01. The molecule has 7 heteroatoms. The molecule has 1 aromatic heterocycles. The van der Waals surface area contributed by atoms with E-state index < -0.39 is 12.1 Å². The maximum Gasteiger partial charge on any atom is 0.358 e. The molecule has 124 valence electrons. The van der Waals surface area contributed by atoms with Gasteiger partial charge in [-0.3, -0.25) is 0 Å². The van der Waals surface area contributed by atoms with E-state index in [1.54, 1.807) is 13.8 Å². The molecular weight excluding hydrogens is 318 g/mol. The number of aromatic amines is 1. The highest BCUT2D eigenvalue weighted by atomic mass is 35.5. The molecule has 6 nitrogen and oxygen atoms in total. The molecule has 0 saturated carbocycles. The molecule has 0 fully saturated rings. The minimum Gasteiger partial charge on any atom is -0.461 e. The number of aliphatic hydroxyl groups excluding tert-OH is 1. The van der Waals surface area contributed by atoms with Crippen LogP contribution in [0.3, 0.4) is 0 Å². The van der Waals surface area contributed by atoms with Crippen molar-refractivity contribution >= 4 is 23.3 Å². The van der Waals surface area contributed by atoms with Crippen LogP contribution >= 0.6 is 11.6 Å². The van der Waals surface area contributed by atoms with E-state index in [0.29, 0.717) is 24.7 Å². The van der Waals surface area contributed by atoms with Crippen LogP contribution in [-0.2, 0) is 4.74 Å². The van der Waals surface area contributed by atoms with Gasteiger partial charge in [-0.2, -0.15) is 0 Å². The Bertz CT molecular complexity index is 672. The largest absolute Gasteiger partial charge is 0.461 e. The summed E-state index contributed by atoms with van der Waals surface area (Å²) in [5.41, 5.74) is 2.51. The Hall–Kier alpha value is -2.05. The van der Waals surface area contributed by atoms with E-state index in [1.165, 1.54) is 0 Å². The minimum absolute atomic E-state index is 0.155. The molecule has 1 atom stereocenters. The molecule has 2 aromatic rings. The normalized spacial score (nSPS) is 12.0. The zero-order chi connectivity index (χ0) is 16.8. The SMILES string of the molecule is CCOC(=O)c1nc(-c2ccccc2NCC(O)CCl)[nH]c1C. The van der Waals surface area contributed by atoms with Gasteiger partial charge in [0.2, 0.25) is 0 Å². The molecule has 1 heterocycles. The number of para-hydroxylation sites is 1. The van der Waals surface area contributed by atoms with Crippen LogP contribution < -0.4 is 5.32 Å². The molecule has 0 aliphatic carbocycles. The number of H-pyrrole nitrogens is 1. The first-order chi connectivity index (χ1) is 11.1. The molecule has 0 spiro atoms. The average molecular weight is 338 g/mol. The van der Waals surface area contributed by atoms with Crippen molar-refractivity contribution in [1.82, 2.24) is 9.97 Å². The third-order valence-corrected chi connectivity index (χ3v) is 3.60. The van der Waals surface area contributed by atoms with Crippen LogP contribution in [0.1, 0.15) is 23.1 Å². The number of aromatic nitrogens is 2. The molecule has 0 saturated heterocycles. The fraction of sp³-hybridized carbons (Fsp3) is 0.375. The Balaban J connectivity index is 2.28. The smallest absolute Gasteiger partial charge is 0.358 e. The zero-order valence-corrected chi connectivity index (χ0v) is 13.9. The maximum atomic E-state index is 11.9. The van der Waals surface area contributed by atoms with Gasteiger partial charge >= 0.3 is 5.97 Å². The second kappa shape index (κ2) is 7.99. The molecule has 1 unspecified atom stereocenters. The third kappa shape index (κ3) is 4.24. The van der Waals surface area contributed by atoms with Crippen LogP contribution in [0.2, 0.25) is 0 Å². The molecule has 2 rings (SSSR count). The zero-order valence-electron chi connectivity index (χ0n) is 13.1. The quantitative estimate of drug-likeness (QED) is 0.534. The highest BCUT2D eigenvalue weighted by Crippen LogP contribution is 2.26. The van der Waals surface area contributed by atoms with E-state index in [9.17, 15) is 9.90 Å². The number of anilines is 1. The summed E-state index contributed by atoms with van der Waals surface area (Å²) in [6.07, 6.45) is -0.641. The first-order valence-corrected chi connectivity index (χ1v) is 7.91. The van der Waals surface area contributed by atoms with Crippen LogP contribution in [0.15, 0.2) is 24.3 Å². The van der Waals surface area contributed by atoms with Gasteiger partial charge in [-0.05, 0) is 26.0 Å². The van der Waals surface area contributed by atoms with Gasteiger partial charge in [0.05, 0.1) is 18.6 Å². The fourth-order valence-corrected chi connectivity index (χ4v) is 2.22. The van der Waals surface area contributed by atoms with Gasteiger partial charge in [0.1, 0.15) is 5.82 Å². The standard InChI is InChI=1S/C16H20ClN3O3/c1-3-23-16(22)14-10(2)19-15(20-14)12-6-4-5-7-13(12)18-9-11(21)8-17/h4-7,11,18,21H,3,8-9H2,1-2H3,(H,19,20). The summed E-state index contributed by atoms with van der Waals surface area (Å²) in [5.74, 6) is 0.270. The van der Waals surface area contributed by atoms with Crippen molar-refractivity contribution in [2.24, 2.45) is 0 Å². The molecule has 3 N–H and O–H groups in total.